The van der Waals surface area contributed by atoms with Crippen LogP contribution in [-0.4, -0.2) is 57.7 Å². The van der Waals surface area contributed by atoms with Gasteiger partial charge in [-0.2, -0.15) is 0 Å². The van der Waals surface area contributed by atoms with Gasteiger partial charge in [0, 0.05) is 24.7 Å². The Labute approximate surface area is 209 Å². The zero-order valence-electron chi connectivity index (χ0n) is 20.6. The number of carbonyl (C=O) groups excluding carboxylic acids is 4. The highest BCUT2D eigenvalue weighted by molar-refractivity contribution is 6.01. The van der Waals surface area contributed by atoms with E-state index < -0.39 is 30.4 Å². The number of benzene rings is 2. The van der Waals surface area contributed by atoms with Crippen LogP contribution in [0.2, 0.25) is 0 Å². The van der Waals surface area contributed by atoms with Gasteiger partial charge in [-0.3, -0.25) is 14.4 Å². The van der Waals surface area contributed by atoms with Crippen LogP contribution in [-0.2, 0) is 23.9 Å². The zero-order chi connectivity index (χ0) is 26.1. The number of nitrogens with one attached hydrogen (secondary N) is 1. The van der Waals surface area contributed by atoms with E-state index in [1.807, 2.05) is 6.92 Å². The summed E-state index contributed by atoms with van der Waals surface area (Å²) in [4.78, 5) is 50.7. The van der Waals surface area contributed by atoms with Crippen LogP contribution in [0.15, 0.2) is 42.5 Å². The predicted octanol–water partition coefficient (Wildman–Crippen LogP) is 3.20. The molecule has 1 atom stereocenters. The van der Waals surface area contributed by atoms with Crippen LogP contribution < -0.4 is 19.7 Å². The van der Waals surface area contributed by atoms with Crippen molar-refractivity contribution in [3.8, 4) is 11.5 Å². The summed E-state index contributed by atoms with van der Waals surface area (Å²) in [6.07, 6.45) is 1.68. The van der Waals surface area contributed by atoms with E-state index in [0.29, 0.717) is 35.0 Å². The Kier molecular flexibility index (Phi) is 9.26. The minimum absolute atomic E-state index is 0.0363. The van der Waals surface area contributed by atoms with Crippen molar-refractivity contribution < 1.29 is 38.1 Å². The minimum atomic E-state index is -0.713. The van der Waals surface area contributed by atoms with Crippen molar-refractivity contribution >= 4 is 35.1 Å². The number of carbonyl (C=O) groups is 4. The average molecular weight is 499 g/mol. The number of nitrogens with zero attached hydrogens (tertiary/aromatic N) is 1. The first-order chi connectivity index (χ1) is 17.4. The third-order valence-electron chi connectivity index (χ3n) is 5.62. The lowest BCUT2D eigenvalue weighted by Crippen LogP contribution is -2.28. The van der Waals surface area contributed by atoms with E-state index in [0.717, 1.165) is 12.8 Å². The molecule has 10 heteroatoms. The van der Waals surface area contributed by atoms with Gasteiger partial charge >= 0.3 is 11.9 Å². The second-order valence-electron chi connectivity index (χ2n) is 8.17. The quantitative estimate of drug-likeness (QED) is 0.370. The lowest BCUT2D eigenvalue weighted by atomic mass is 10.1. The first-order valence-corrected chi connectivity index (χ1v) is 11.6. The second-order valence-corrected chi connectivity index (χ2v) is 8.17. The smallest absolute Gasteiger partial charge is 0.338 e. The van der Waals surface area contributed by atoms with Gasteiger partial charge in [-0.25, -0.2) is 4.79 Å². The molecule has 0 unspecified atom stereocenters. The topological polar surface area (TPSA) is 120 Å². The summed E-state index contributed by atoms with van der Waals surface area (Å²) >= 11 is 0. The van der Waals surface area contributed by atoms with E-state index in [2.05, 4.69) is 5.32 Å². The van der Waals surface area contributed by atoms with E-state index in [1.165, 1.54) is 19.1 Å². The van der Waals surface area contributed by atoms with Gasteiger partial charge in [0.25, 0.3) is 5.91 Å². The van der Waals surface area contributed by atoms with E-state index in [1.54, 1.807) is 42.5 Å². The molecule has 192 valence electrons. The molecule has 0 saturated carbocycles. The Bertz CT molecular complexity index is 1100. The second kappa shape index (κ2) is 12.6. The highest BCUT2D eigenvalue weighted by Gasteiger charge is 2.37. The van der Waals surface area contributed by atoms with Gasteiger partial charge < -0.3 is 29.2 Å². The van der Waals surface area contributed by atoms with Crippen LogP contribution in [0.1, 0.15) is 36.5 Å². The number of hydrogen-bond donors (Lipinski definition) is 1. The van der Waals surface area contributed by atoms with Gasteiger partial charge in [-0.15, -0.1) is 0 Å². The highest BCUT2D eigenvalue weighted by Crippen LogP contribution is 2.36. The number of esters is 2. The minimum Gasteiger partial charge on any atom is -0.497 e. The van der Waals surface area contributed by atoms with E-state index in [4.69, 9.17) is 18.9 Å². The van der Waals surface area contributed by atoms with Gasteiger partial charge in [0.2, 0.25) is 5.91 Å². The first-order valence-electron chi connectivity index (χ1n) is 11.6. The number of methoxy groups -OCH3 is 2. The van der Waals surface area contributed by atoms with E-state index in [9.17, 15) is 19.2 Å². The monoisotopic (exact) mass is 498 g/mol. The molecule has 1 heterocycles. The van der Waals surface area contributed by atoms with E-state index in [-0.39, 0.29) is 18.9 Å². The number of rotatable bonds is 11. The third-order valence-corrected chi connectivity index (χ3v) is 5.62. The van der Waals surface area contributed by atoms with Crippen molar-refractivity contribution in [2.45, 2.75) is 26.2 Å². The third kappa shape index (κ3) is 6.74. The Morgan fingerprint density at radius 1 is 1.03 bits per heavy atom. The fraction of sp³-hybridized carbons (Fsp3) is 0.385. The molecule has 2 amide bonds. The molecule has 0 radical (unpaired) electrons. The maximum absolute atomic E-state index is 12.6. The summed E-state index contributed by atoms with van der Waals surface area (Å²) in [7, 11) is 3.01. The summed E-state index contributed by atoms with van der Waals surface area (Å²) in [5, 5.41) is 2.60. The van der Waals surface area contributed by atoms with E-state index >= 15 is 0 Å². The van der Waals surface area contributed by atoms with Crippen molar-refractivity contribution in [3.05, 3.63) is 48.0 Å². The van der Waals surface area contributed by atoms with Gasteiger partial charge in [0.05, 0.1) is 38.0 Å². The molecule has 2 aromatic carbocycles. The van der Waals surface area contributed by atoms with Gasteiger partial charge in [-0.05, 0) is 42.8 Å². The van der Waals surface area contributed by atoms with Crippen LogP contribution in [0.3, 0.4) is 0 Å². The average Bonchev–Trinajstić information content (AvgIpc) is 3.28. The molecule has 0 aromatic heterocycles. The molecule has 2 aromatic rings. The molecule has 1 saturated heterocycles. The number of ether oxygens (including phenoxy) is 4. The molecule has 3 rings (SSSR count). The van der Waals surface area contributed by atoms with Crippen molar-refractivity contribution in [2.75, 3.05) is 44.2 Å². The Hall–Kier alpha value is -4.08. The van der Waals surface area contributed by atoms with Crippen LogP contribution in [0, 0.1) is 5.92 Å². The molecule has 0 bridgehead atoms. The summed E-state index contributed by atoms with van der Waals surface area (Å²) in [6.45, 7) is 1.97. The Morgan fingerprint density at radius 3 is 2.44 bits per heavy atom. The molecule has 0 spiro atoms. The molecule has 36 heavy (non-hydrogen) atoms. The maximum Gasteiger partial charge on any atom is 0.338 e. The molecular formula is C26H30N2O8. The maximum atomic E-state index is 12.6. The molecule has 1 N–H and O–H groups in total. The lowest BCUT2D eigenvalue weighted by molar-refractivity contribution is -0.151. The van der Waals surface area contributed by atoms with Crippen molar-refractivity contribution in [3.63, 3.8) is 0 Å². The molecule has 1 fully saturated rings. The Balaban J connectivity index is 1.49. The number of unbranched alkanes of at least 4 members (excludes halogenated alkanes) is 1. The fourth-order valence-electron chi connectivity index (χ4n) is 3.64. The van der Waals surface area contributed by atoms with Crippen LogP contribution >= 0.6 is 0 Å². The zero-order valence-corrected chi connectivity index (χ0v) is 20.6. The largest absolute Gasteiger partial charge is 0.497 e. The summed E-state index contributed by atoms with van der Waals surface area (Å²) in [5.74, 6) is -1.56. The molecular weight excluding hydrogens is 468 g/mol. The predicted molar refractivity (Wildman–Crippen MR) is 131 cm³/mol. The summed E-state index contributed by atoms with van der Waals surface area (Å²) < 4.78 is 20.8. The molecule has 0 aliphatic carbocycles. The van der Waals surface area contributed by atoms with Crippen molar-refractivity contribution in [2.24, 2.45) is 5.92 Å². The SMILES string of the molecule is CCCCOC(=O)c1ccc(NC(=O)COC(=O)[C@@H]2CC(=O)N(c3ccc(OC)cc3OC)C2)cc1. The number of amides is 2. The van der Waals surface area contributed by atoms with Crippen molar-refractivity contribution in [1.29, 1.82) is 0 Å². The number of hydrogen-bond acceptors (Lipinski definition) is 8. The normalized spacial score (nSPS) is 14.8. The van der Waals surface area contributed by atoms with Crippen LogP contribution in [0.4, 0.5) is 11.4 Å². The standard InChI is InChI=1S/C26H30N2O8/c1-4-5-12-35-25(31)17-6-8-19(9-7-17)27-23(29)16-36-26(32)18-13-24(30)28(15-18)21-11-10-20(33-2)14-22(21)34-3/h6-11,14,18H,4-5,12-13,15-16H2,1-3H3,(H,27,29)/t18-/m1/s1. The van der Waals surface area contributed by atoms with Crippen LogP contribution in [0.5, 0.6) is 11.5 Å². The Morgan fingerprint density at radius 2 is 1.78 bits per heavy atom. The van der Waals surface area contributed by atoms with Gasteiger partial charge in [-0.1, -0.05) is 13.3 Å². The van der Waals surface area contributed by atoms with Crippen LogP contribution in [0.25, 0.3) is 0 Å². The first kappa shape index (κ1) is 26.5. The highest BCUT2D eigenvalue weighted by atomic mass is 16.5. The molecule has 1 aliphatic rings. The summed E-state index contributed by atoms with van der Waals surface area (Å²) in [5.41, 5.74) is 1.34. The van der Waals surface area contributed by atoms with Crippen molar-refractivity contribution in [1.82, 2.24) is 0 Å². The summed E-state index contributed by atoms with van der Waals surface area (Å²) in [6, 6.07) is 11.2. The van der Waals surface area contributed by atoms with Gasteiger partial charge in [0.15, 0.2) is 6.61 Å². The number of anilines is 2. The van der Waals surface area contributed by atoms with Gasteiger partial charge in [0.1, 0.15) is 11.5 Å². The lowest BCUT2D eigenvalue weighted by Gasteiger charge is -2.20. The molecule has 1 aliphatic heterocycles. The molecule has 10 nitrogen and oxygen atoms in total. The fourth-order valence-corrected chi connectivity index (χ4v) is 3.64.